The molecule has 0 unspecified atom stereocenters. The van der Waals surface area contributed by atoms with Gasteiger partial charge in [-0.2, -0.15) is 4.98 Å². The van der Waals surface area contributed by atoms with E-state index < -0.39 is 6.36 Å². The van der Waals surface area contributed by atoms with E-state index in [2.05, 4.69) is 25.3 Å². The van der Waals surface area contributed by atoms with Crippen molar-refractivity contribution in [2.24, 2.45) is 0 Å². The van der Waals surface area contributed by atoms with E-state index in [4.69, 9.17) is 0 Å². The molecule has 0 bridgehead atoms. The zero-order valence-electron chi connectivity index (χ0n) is 14.5. The van der Waals surface area contributed by atoms with Gasteiger partial charge in [0.15, 0.2) is 0 Å². The number of anilines is 2. The molecule has 0 saturated carbocycles. The van der Waals surface area contributed by atoms with Crippen molar-refractivity contribution < 1.29 is 17.9 Å². The van der Waals surface area contributed by atoms with E-state index in [1.54, 1.807) is 12.1 Å². The lowest BCUT2D eigenvalue weighted by atomic mass is 10.1. The fourth-order valence-electron chi connectivity index (χ4n) is 2.11. The van der Waals surface area contributed by atoms with Gasteiger partial charge in [-0.25, -0.2) is 4.98 Å². The predicted molar refractivity (Wildman–Crippen MR) is 91.7 cm³/mol. The summed E-state index contributed by atoms with van der Waals surface area (Å²) in [5.74, 6) is 0.684. The van der Waals surface area contributed by atoms with Crippen molar-refractivity contribution in [3.05, 3.63) is 30.3 Å². The summed E-state index contributed by atoms with van der Waals surface area (Å²) in [6, 6.07) is 7.39. The molecule has 1 aromatic carbocycles. The quantitative estimate of drug-likeness (QED) is 0.816. The molecule has 5 nitrogen and oxygen atoms in total. The average molecular weight is 354 g/mol. The number of alkyl halides is 3. The topological polar surface area (TPSA) is 59.1 Å². The maximum Gasteiger partial charge on any atom is 0.573 e. The fraction of sp³-hybridized carbons (Fsp3) is 0.412. The van der Waals surface area contributed by atoms with E-state index >= 15 is 0 Å². The van der Waals surface area contributed by atoms with Crippen molar-refractivity contribution in [3.8, 4) is 17.0 Å². The van der Waals surface area contributed by atoms with Crippen LogP contribution in [0.3, 0.4) is 0 Å². The molecule has 1 aromatic heterocycles. The van der Waals surface area contributed by atoms with Crippen LogP contribution in [-0.2, 0) is 0 Å². The molecule has 2 aromatic rings. The van der Waals surface area contributed by atoms with Gasteiger partial charge in [-0.1, -0.05) is 12.1 Å². The van der Waals surface area contributed by atoms with Crippen LogP contribution in [0.4, 0.5) is 24.9 Å². The maximum absolute atomic E-state index is 12.4. The highest BCUT2D eigenvalue weighted by Crippen LogP contribution is 2.29. The Morgan fingerprint density at radius 2 is 1.80 bits per heavy atom. The Hall–Kier alpha value is -2.51. The highest BCUT2D eigenvalue weighted by molar-refractivity contribution is 5.66. The molecule has 0 spiro atoms. The third kappa shape index (κ3) is 6.13. The normalized spacial score (nSPS) is 12.0. The number of hydrogen-bond acceptors (Lipinski definition) is 5. The standard InChI is InChI=1S/C17H21F3N4O/c1-5-21-14-10-13(22-15(23-14)24-16(2,3)4)11-7-6-8-12(9-11)25-17(18,19)20/h6-10H,5H2,1-4H3,(H2,21,22,23,24). The molecule has 136 valence electrons. The first-order valence-corrected chi connectivity index (χ1v) is 7.83. The van der Waals surface area contributed by atoms with Crippen molar-refractivity contribution in [1.82, 2.24) is 9.97 Å². The Kier molecular flexibility index (Phi) is 5.39. The molecule has 1 heterocycles. The van der Waals surface area contributed by atoms with Crippen LogP contribution in [0.25, 0.3) is 11.3 Å². The number of nitrogens with one attached hydrogen (secondary N) is 2. The van der Waals surface area contributed by atoms with Gasteiger partial charge in [0.1, 0.15) is 11.6 Å². The van der Waals surface area contributed by atoms with Crippen LogP contribution in [0, 0.1) is 0 Å². The average Bonchev–Trinajstić information content (AvgIpc) is 2.44. The third-order valence-electron chi connectivity index (χ3n) is 2.93. The van der Waals surface area contributed by atoms with Gasteiger partial charge in [0.25, 0.3) is 0 Å². The van der Waals surface area contributed by atoms with Gasteiger partial charge in [0.05, 0.1) is 5.69 Å². The number of ether oxygens (including phenoxy) is 1. The molecule has 0 fully saturated rings. The van der Waals surface area contributed by atoms with Gasteiger partial charge >= 0.3 is 6.36 Å². The monoisotopic (exact) mass is 354 g/mol. The molecule has 2 N–H and O–H groups in total. The van der Waals surface area contributed by atoms with E-state index in [1.165, 1.54) is 18.2 Å². The highest BCUT2D eigenvalue weighted by atomic mass is 19.4. The number of hydrogen-bond donors (Lipinski definition) is 2. The van der Waals surface area contributed by atoms with Crippen LogP contribution < -0.4 is 15.4 Å². The first kappa shape index (κ1) is 18.8. The van der Waals surface area contributed by atoms with Crippen molar-refractivity contribution in [1.29, 1.82) is 0 Å². The molecule has 0 aliphatic heterocycles. The van der Waals surface area contributed by atoms with Gasteiger partial charge in [0.2, 0.25) is 5.95 Å². The second-order valence-electron chi connectivity index (χ2n) is 6.44. The molecule has 2 rings (SSSR count). The molecule has 0 aliphatic carbocycles. The van der Waals surface area contributed by atoms with Crippen LogP contribution in [-0.4, -0.2) is 28.4 Å². The van der Waals surface area contributed by atoms with Gasteiger partial charge in [-0.3, -0.25) is 0 Å². The van der Waals surface area contributed by atoms with Gasteiger partial charge in [0, 0.05) is 23.7 Å². The number of aromatic nitrogens is 2. The second kappa shape index (κ2) is 7.16. The predicted octanol–water partition coefficient (Wildman–Crippen LogP) is 4.68. The van der Waals surface area contributed by atoms with Crippen molar-refractivity contribution in [2.45, 2.75) is 39.6 Å². The molecular weight excluding hydrogens is 333 g/mol. The maximum atomic E-state index is 12.4. The third-order valence-corrected chi connectivity index (χ3v) is 2.93. The van der Waals surface area contributed by atoms with Crippen molar-refractivity contribution in [2.75, 3.05) is 17.2 Å². The lowest BCUT2D eigenvalue weighted by Gasteiger charge is -2.21. The largest absolute Gasteiger partial charge is 0.573 e. The summed E-state index contributed by atoms with van der Waals surface area (Å²) in [4.78, 5) is 8.78. The van der Waals surface area contributed by atoms with Crippen LogP contribution in [0.1, 0.15) is 27.7 Å². The van der Waals surface area contributed by atoms with Gasteiger partial charge < -0.3 is 15.4 Å². The summed E-state index contributed by atoms with van der Waals surface area (Å²) in [5, 5.41) is 6.26. The van der Waals surface area contributed by atoms with Crippen molar-refractivity contribution in [3.63, 3.8) is 0 Å². The summed E-state index contributed by atoms with van der Waals surface area (Å²) in [7, 11) is 0. The Bertz CT molecular complexity index is 727. The van der Waals surface area contributed by atoms with Crippen LogP contribution in [0.2, 0.25) is 0 Å². The van der Waals surface area contributed by atoms with Crippen molar-refractivity contribution >= 4 is 11.8 Å². The minimum atomic E-state index is -4.74. The Labute approximate surface area is 144 Å². The Morgan fingerprint density at radius 3 is 2.40 bits per heavy atom. The lowest BCUT2D eigenvalue weighted by molar-refractivity contribution is -0.274. The fourth-order valence-corrected chi connectivity index (χ4v) is 2.11. The van der Waals surface area contributed by atoms with E-state index in [9.17, 15) is 13.2 Å². The Morgan fingerprint density at radius 1 is 1.08 bits per heavy atom. The smallest absolute Gasteiger partial charge is 0.406 e. The van der Waals surface area contributed by atoms with E-state index in [1.807, 2.05) is 27.7 Å². The molecule has 0 atom stereocenters. The number of halogens is 3. The summed E-state index contributed by atoms with van der Waals surface area (Å²) in [6.45, 7) is 8.48. The summed E-state index contributed by atoms with van der Waals surface area (Å²) < 4.78 is 41.2. The number of rotatable bonds is 5. The summed E-state index contributed by atoms with van der Waals surface area (Å²) in [5.41, 5.74) is 0.731. The number of nitrogens with zero attached hydrogens (tertiary/aromatic N) is 2. The minimum absolute atomic E-state index is 0.261. The summed E-state index contributed by atoms with van der Waals surface area (Å²) >= 11 is 0. The molecule has 8 heteroatoms. The van der Waals surface area contributed by atoms with Gasteiger partial charge in [-0.05, 0) is 39.8 Å². The SMILES string of the molecule is CCNc1cc(-c2cccc(OC(F)(F)F)c2)nc(NC(C)(C)C)n1. The molecule has 0 aliphatic rings. The summed E-state index contributed by atoms with van der Waals surface area (Å²) in [6.07, 6.45) is -4.74. The van der Waals surface area contributed by atoms with E-state index in [0.29, 0.717) is 29.6 Å². The molecular formula is C17H21F3N4O. The first-order valence-electron chi connectivity index (χ1n) is 7.83. The van der Waals surface area contributed by atoms with Crippen LogP contribution in [0.15, 0.2) is 30.3 Å². The Balaban J connectivity index is 2.41. The minimum Gasteiger partial charge on any atom is -0.406 e. The second-order valence-corrected chi connectivity index (χ2v) is 6.44. The zero-order valence-corrected chi connectivity index (χ0v) is 14.5. The van der Waals surface area contributed by atoms with E-state index in [0.717, 1.165) is 0 Å². The lowest BCUT2D eigenvalue weighted by Crippen LogP contribution is -2.27. The molecule has 25 heavy (non-hydrogen) atoms. The first-order chi connectivity index (χ1) is 11.6. The zero-order chi connectivity index (χ0) is 18.7. The van der Waals surface area contributed by atoms with E-state index in [-0.39, 0.29) is 11.3 Å². The van der Waals surface area contributed by atoms with Gasteiger partial charge in [-0.15, -0.1) is 13.2 Å². The van der Waals surface area contributed by atoms with Crippen LogP contribution >= 0.6 is 0 Å². The van der Waals surface area contributed by atoms with Crippen LogP contribution in [0.5, 0.6) is 5.75 Å². The molecule has 0 amide bonds. The molecule has 0 saturated heterocycles. The number of benzene rings is 1. The molecule has 0 radical (unpaired) electrons. The highest BCUT2D eigenvalue weighted by Gasteiger charge is 2.31.